The van der Waals surface area contributed by atoms with Crippen LogP contribution < -0.4 is 0 Å². The Morgan fingerprint density at radius 1 is 0.760 bits per heavy atom. The second kappa shape index (κ2) is 6.72. The zero-order chi connectivity index (χ0) is 18.1. The molecule has 0 atom stereocenters. The first-order chi connectivity index (χ1) is 11.8. The van der Waals surface area contributed by atoms with Gasteiger partial charge in [-0.1, -0.05) is 12.1 Å². The maximum absolute atomic E-state index is 4.68. The fraction of sp³-hybridized carbons (Fsp3) is 0.261. The van der Waals surface area contributed by atoms with Crippen LogP contribution in [-0.2, 0) is 0 Å². The minimum atomic E-state index is 0.999. The molecule has 0 aliphatic heterocycles. The molecule has 0 spiro atoms. The molecule has 0 N–H and O–H groups in total. The van der Waals surface area contributed by atoms with Gasteiger partial charge in [-0.15, -0.1) is 0 Å². The van der Waals surface area contributed by atoms with Crippen molar-refractivity contribution in [3.8, 4) is 5.69 Å². The molecule has 0 amide bonds. The number of hydrogen-bond donors (Lipinski definition) is 0. The second-order valence-electron chi connectivity index (χ2n) is 7.03. The molecule has 0 aliphatic carbocycles. The Labute approximate surface area is 150 Å². The molecule has 3 rings (SSSR count). The van der Waals surface area contributed by atoms with Crippen LogP contribution >= 0.6 is 0 Å². The van der Waals surface area contributed by atoms with Gasteiger partial charge < -0.3 is 4.57 Å². The highest BCUT2D eigenvalue weighted by Crippen LogP contribution is 2.23. The quantitative estimate of drug-likeness (QED) is 0.518. The summed E-state index contributed by atoms with van der Waals surface area (Å²) >= 11 is 0. The van der Waals surface area contributed by atoms with Gasteiger partial charge in [-0.3, -0.25) is 4.99 Å². The number of nitrogens with zero attached hydrogens (tertiary/aromatic N) is 2. The predicted molar refractivity (Wildman–Crippen MR) is 108 cm³/mol. The van der Waals surface area contributed by atoms with Crippen molar-refractivity contribution in [3.63, 3.8) is 0 Å². The van der Waals surface area contributed by atoms with Crippen molar-refractivity contribution in [1.82, 2.24) is 4.57 Å². The molecule has 25 heavy (non-hydrogen) atoms. The van der Waals surface area contributed by atoms with Crippen molar-refractivity contribution in [2.24, 2.45) is 4.99 Å². The van der Waals surface area contributed by atoms with Crippen molar-refractivity contribution in [2.75, 3.05) is 0 Å². The lowest BCUT2D eigenvalue weighted by molar-refractivity contribution is 0.960. The molecule has 0 saturated carbocycles. The standard InChI is InChI=1S/C23H26N2/c1-15-9-16(2)11-23(10-15)25-19(5)13-21(20(25)6)14-24-22-8-7-17(3)18(4)12-22/h7-14H,1-6H3. The van der Waals surface area contributed by atoms with Crippen LogP contribution in [0.15, 0.2) is 47.5 Å². The molecule has 2 heteroatoms. The summed E-state index contributed by atoms with van der Waals surface area (Å²) in [6.45, 7) is 12.9. The van der Waals surface area contributed by atoms with Crippen molar-refractivity contribution < 1.29 is 0 Å². The molecule has 0 radical (unpaired) electrons. The predicted octanol–water partition coefficient (Wildman–Crippen LogP) is 6.08. The number of benzene rings is 2. The minimum Gasteiger partial charge on any atom is -0.318 e. The fourth-order valence-corrected chi connectivity index (χ4v) is 3.35. The van der Waals surface area contributed by atoms with E-state index in [1.807, 2.05) is 6.21 Å². The topological polar surface area (TPSA) is 17.3 Å². The van der Waals surface area contributed by atoms with Crippen molar-refractivity contribution >= 4 is 11.9 Å². The Morgan fingerprint density at radius 3 is 2.08 bits per heavy atom. The molecule has 2 aromatic carbocycles. The van der Waals surface area contributed by atoms with E-state index >= 15 is 0 Å². The smallest absolute Gasteiger partial charge is 0.0632 e. The highest BCUT2D eigenvalue weighted by Gasteiger charge is 2.10. The maximum atomic E-state index is 4.68. The van der Waals surface area contributed by atoms with Gasteiger partial charge in [-0.25, -0.2) is 0 Å². The number of aryl methyl sites for hydroxylation is 5. The van der Waals surface area contributed by atoms with E-state index in [-0.39, 0.29) is 0 Å². The molecule has 0 unspecified atom stereocenters. The lowest BCUT2D eigenvalue weighted by Crippen LogP contribution is -2.00. The fourth-order valence-electron chi connectivity index (χ4n) is 3.35. The number of aliphatic imine (C=N–C) groups is 1. The summed E-state index contributed by atoms with van der Waals surface area (Å²) in [5.41, 5.74) is 11.0. The zero-order valence-corrected chi connectivity index (χ0v) is 16.0. The van der Waals surface area contributed by atoms with Crippen LogP contribution in [0.4, 0.5) is 5.69 Å². The van der Waals surface area contributed by atoms with Gasteiger partial charge in [-0.2, -0.15) is 0 Å². The number of rotatable bonds is 3. The van der Waals surface area contributed by atoms with Gasteiger partial charge in [0.15, 0.2) is 0 Å². The number of hydrogen-bond acceptors (Lipinski definition) is 1. The molecule has 0 bridgehead atoms. The lowest BCUT2D eigenvalue weighted by atomic mass is 10.1. The SMILES string of the molecule is Cc1cc(C)cc(-n2c(C)cc(C=Nc3ccc(C)c(C)c3)c2C)c1. The van der Waals surface area contributed by atoms with Crippen LogP contribution in [-0.4, -0.2) is 10.8 Å². The molecular weight excluding hydrogens is 304 g/mol. The Bertz CT molecular complexity index is 938. The third kappa shape index (κ3) is 3.58. The zero-order valence-electron chi connectivity index (χ0n) is 16.0. The molecule has 0 fully saturated rings. The number of aromatic nitrogens is 1. The summed E-state index contributed by atoms with van der Waals surface area (Å²) in [6.07, 6.45) is 1.98. The molecule has 1 heterocycles. The van der Waals surface area contributed by atoms with E-state index in [0.29, 0.717) is 0 Å². The Kier molecular flexibility index (Phi) is 4.63. The highest BCUT2D eigenvalue weighted by atomic mass is 15.0. The monoisotopic (exact) mass is 330 g/mol. The molecule has 1 aromatic heterocycles. The summed E-state index contributed by atoms with van der Waals surface area (Å²) in [6, 6.07) is 15.2. The van der Waals surface area contributed by atoms with E-state index in [2.05, 4.69) is 93.6 Å². The first kappa shape index (κ1) is 17.2. The van der Waals surface area contributed by atoms with Gasteiger partial charge >= 0.3 is 0 Å². The van der Waals surface area contributed by atoms with Gasteiger partial charge in [0, 0.05) is 28.9 Å². The summed E-state index contributed by atoms with van der Waals surface area (Å²) in [7, 11) is 0. The first-order valence-corrected chi connectivity index (χ1v) is 8.74. The van der Waals surface area contributed by atoms with E-state index in [1.165, 1.54) is 39.3 Å². The molecule has 2 nitrogen and oxygen atoms in total. The molecule has 0 aliphatic rings. The van der Waals surface area contributed by atoms with Crippen molar-refractivity contribution in [3.05, 3.63) is 81.7 Å². The van der Waals surface area contributed by atoms with E-state index in [0.717, 1.165) is 11.3 Å². The van der Waals surface area contributed by atoms with Crippen LogP contribution in [0.2, 0.25) is 0 Å². The summed E-state index contributed by atoms with van der Waals surface area (Å²) in [5, 5.41) is 0. The molecule has 128 valence electrons. The summed E-state index contributed by atoms with van der Waals surface area (Å²) in [5.74, 6) is 0. The maximum Gasteiger partial charge on any atom is 0.0632 e. The first-order valence-electron chi connectivity index (χ1n) is 8.74. The normalized spacial score (nSPS) is 11.4. The Hall–Kier alpha value is -2.61. The third-order valence-electron chi connectivity index (χ3n) is 4.78. The Morgan fingerprint density at radius 2 is 1.44 bits per heavy atom. The highest BCUT2D eigenvalue weighted by molar-refractivity contribution is 5.84. The summed E-state index contributed by atoms with van der Waals surface area (Å²) in [4.78, 5) is 4.68. The van der Waals surface area contributed by atoms with E-state index in [1.54, 1.807) is 0 Å². The summed E-state index contributed by atoms with van der Waals surface area (Å²) < 4.78 is 2.31. The van der Waals surface area contributed by atoms with E-state index in [9.17, 15) is 0 Å². The van der Waals surface area contributed by atoms with Crippen LogP contribution in [0, 0.1) is 41.5 Å². The lowest BCUT2D eigenvalue weighted by Gasteiger charge is -2.11. The molecular formula is C23H26N2. The van der Waals surface area contributed by atoms with E-state index in [4.69, 9.17) is 0 Å². The van der Waals surface area contributed by atoms with Crippen molar-refractivity contribution in [2.45, 2.75) is 41.5 Å². The van der Waals surface area contributed by atoms with Crippen molar-refractivity contribution in [1.29, 1.82) is 0 Å². The van der Waals surface area contributed by atoms with Crippen LogP contribution in [0.5, 0.6) is 0 Å². The largest absolute Gasteiger partial charge is 0.318 e. The average Bonchev–Trinajstić information content (AvgIpc) is 2.81. The van der Waals surface area contributed by atoms with Gasteiger partial charge in [-0.05, 0) is 94.1 Å². The third-order valence-corrected chi connectivity index (χ3v) is 4.78. The Balaban J connectivity index is 1.99. The molecule has 3 aromatic rings. The van der Waals surface area contributed by atoms with Crippen LogP contribution in [0.3, 0.4) is 0 Å². The van der Waals surface area contributed by atoms with Gasteiger partial charge in [0.1, 0.15) is 0 Å². The van der Waals surface area contributed by atoms with Gasteiger partial charge in [0.25, 0.3) is 0 Å². The van der Waals surface area contributed by atoms with Crippen LogP contribution in [0.1, 0.15) is 39.2 Å². The van der Waals surface area contributed by atoms with E-state index < -0.39 is 0 Å². The minimum absolute atomic E-state index is 0.999. The second-order valence-corrected chi connectivity index (χ2v) is 7.03. The van der Waals surface area contributed by atoms with Crippen LogP contribution in [0.25, 0.3) is 5.69 Å². The van der Waals surface area contributed by atoms with Gasteiger partial charge in [0.05, 0.1) is 5.69 Å². The average molecular weight is 330 g/mol. The van der Waals surface area contributed by atoms with Gasteiger partial charge in [0.2, 0.25) is 0 Å². The molecule has 0 saturated heterocycles.